The van der Waals surface area contributed by atoms with Crippen LogP contribution in [-0.2, 0) is 20.9 Å². The zero-order valence-corrected chi connectivity index (χ0v) is 10.1. The van der Waals surface area contributed by atoms with Crippen molar-refractivity contribution in [2.24, 2.45) is 0 Å². The number of halogens is 3. The number of hydrogen-bond donors (Lipinski definition) is 1. The number of aliphatic hydroxyl groups is 1. The average Bonchev–Trinajstić information content (AvgIpc) is 2.24. The fourth-order valence-electron chi connectivity index (χ4n) is 1.16. The van der Waals surface area contributed by atoms with Crippen molar-refractivity contribution >= 4 is 10.1 Å². The minimum absolute atomic E-state index is 0.263. The van der Waals surface area contributed by atoms with Crippen molar-refractivity contribution in [2.45, 2.75) is 18.9 Å². The van der Waals surface area contributed by atoms with Gasteiger partial charge in [-0.2, -0.15) is 21.6 Å². The number of aliphatic hydroxyl groups excluding tert-OH is 1. The van der Waals surface area contributed by atoms with Gasteiger partial charge in [0.15, 0.2) is 6.10 Å². The number of benzene rings is 1. The molecule has 0 saturated carbocycles. The van der Waals surface area contributed by atoms with Gasteiger partial charge in [0.05, 0.1) is 12.9 Å². The van der Waals surface area contributed by atoms with E-state index < -0.39 is 22.4 Å². The van der Waals surface area contributed by atoms with Crippen molar-refractivity contribution in [1.29, 1.82) is 0 Å². The molecule has 1 unspecified atom stereocenters. The predicted octanol–water partition coefficient (Wildman–Crippen LogP) is 1.76. The molecule has 0 heterocycles. The van der Waals surface area contributed by atoms with Gasteiger partial charge in [-0.25, -0.2) is 0 Å². The third-order valence-corrected chi connectivity index (χ3v) is 2.59. The Morgan fingerprint density at radius 1 is 1.28 bits per heavy atom. The molecule has 0 spiro atoms. The van der Waals surface area contributed by atoms with E-state index in [1.165, 1.54) is 12.1 Å². The second-order valence-electron chi connectivity index (χ2n) is 3.65. The summed E-state index contributed by atoms with van der Waals surface area (Å²) < 4.78 is 62.4. The maximum atomic E-state index is 12.2. The minimum atomic E-state index is -4.73. The quantitative estimate of drug-likeness (QED) is 0.856. The van der Waals surface area contributed by atoms with Crippen LogP contribution in [0.25, 0.3) is 0 Å². The van der Waals surface area contributed by atoms with Gasteiger partial charge < -0.3 is 5.11 Å². The van der Waals surface area contributed by atoms with Crippen LogP contribution < -0.4 is 0 Å². The van der Waals surface area contributed by atoms with E-state index in [0.717, 1.165) is 18.4 Å². The molecule has 0 fully saturated rings. The monoisotopic (exact) mass is 284 g/mol. The Bertz CT molecular complexity index is 493. The molecule has 0 bridgehead atoms. The fraction of sp³-hybridized carbons (Fsp3) is 0.400. The Balaban J connectivity index is 2.75. The second-order valence-corrected chi connectivity index (χ2v) is 5.30. The molecule has 0 aliphatic rings. The molecular formula is C10H11F3O4S. The van der Waals surface area contributed by atoms with Gasteiger partial charge in [0.25, 0.3) is 10.1 Å². The molecule has 18 heavy (non-hydrogen) atoms. The van der Waals surface area contributed by atoms with Gasteiger partial charge in [-0.3, -0.25) is 4.18 Å². The Morgan fingerprint density at radius 2 is 1.78 bits per heavy atom. The van der Waals surface area contributed by atoms with Crippen molar-refractivity contribution < 1.29 is 30.9 Å². The summed E-state index contributed by atoms with van der Waals surface area (Å²) in [7, 11) is -3.60. The predicted molar refractivity (Wildman–Crippen MR) is 57.1 cm³/mol. The molecular weight excluding hydrogens is 273 g/mol. The molecule has 102 valence electrons. The van der Waals surface area contributed by atoms with Crippen LogP contribution in [0.3, 0.4) is 0 Å². The number of alkyl halides is 3. The summed E-state index contributed by atoms with van der Waals surface area (Å²) in [6.07, 6.45) is -6.41. The van der Waals surface area contributed by atoms with Gasteiger partial charge >= 0.3 is 6.18 Å². The first-order valence-electron chi connectivity index (χ1n) is 4.77. The van der Waals surface area contributed by atoms with Crippen LogP contribution in [0.15, 0.2) is 24.3 Å². The van der Waals surface area contributed by atoms with E-state index in [4.69, 9.17) is 5.11 Å². The van der Waals surface area contributed by atoms with Crippen LogP contribution >= 0.6 is 0 Å². The van der Waals surface area contributed by atoms with Gasteiger partial charge in [-0.05, 0) is 11.1 Å². The molecule has 1 rings (SSSR count). The van der Waals surface area contributed by atoms with E-state index in [0.29, 0.717) is 5.56 Å². The third kappa shape index (κ3) is 4.63. The van der Waals surface area contributed by atoms with Crippen molar-refractivity contribution in [3.05, 3.63) is 35.4 Å². The molecule has 1 aromatic rings. The van der Waals surface area contributed by atoms with Crippen LogP contribution in [0.1, 0.15) is 17.2 Å². The van der Waals surface area contributed by atoms with Crippen LogP contribution in [0, 0.1) is 0 Å². The minimum Gasteiger partial charge on any atom is -0.379 e. The summed E-state index contributed by atoms with van der Waals surface area (Å²) in [5.41, 5.74) is 0.0733. The molecule has 0 aromatic heterocycles. The largest absolute Gasteiger partial charge is 0.418 e. The summed E-state index contributed by atoms with van der Waals surface area (Å²) in [4.78, 5) is 0. The van der Waals surface area contributed by atoms with E-state index in [9.17, 15) is 21.6 Å². The van der Waals surface area contributed by atoms with Crippen LogP contribution in [-0.4, -0.2) is 26.0 Å². The van der Waals surface area contributed by atoms with E-state index in [1.54, 1.807) is 0 Å². The normalized spacial score (nSPS) is 14.5. The van der Waals surface area contributed by atoms with Crippen LogP contribution in [0.5, 0.6) is 0 Å². The Morgan fingerprint density at radius 3 is 2.17 bits per heavy atom. The molecule has 0 amide bonds. The molecule has 1 N–H and O–H groups in total. The molecule has 1 atom stereocenters. The summed E-state index contributed by atoms with van der Waals surface area (Å²) in [6.45, 7) is -0.263. The highest BCUT2D eigenvalue weighted by Crippen LogP contribution is 2.32. The Labute approximate surface area is 102 Å². The summed E-state index contributed by atoms with van der Waals surface area (Å²) >= 11 is 0. The Kier molecular flexibility index (Phi) is 4.36. The summed E-state index contributed by atoms with van der Waals surface area (Å²) in [6, 6.07) is 4.66. The third-order valence-electron chi connectivity index (χ3n) is 2.05. The van der Waals surface area contributed by atoms with Gasteiger partial charge in [0.2, 0.25) is 0 Å². The average molecular weight is 284 g/mol. The van der Waals surface area contributed by atoms with Crippen LogP contribution in [0.4, 0.5) is 13.2 Å². The molecule has 0 saturated heterocycles. The van der Waals surface area contributed by atoms with Crippen molar-refractivity contribution in [2.75, 3.05) is 6.26 Å². The van der Waals surface area contributed by atoms with E-state index >= 15 is 0 Å². The smallest absolute Gasteiger partial charge is 0.379 e. The lowest BCUT2D eigenvalue weighted by molar-refractivity contribution is -0.206. The highest BCUT2D eigenvalue weighted by Gasteiger charge is 2.39. The SMILES string of the molecule is CS(=O)(=O)OCc1ccc(C(O)C(F)(F)F)cc1. The van der Waals surface area contributed by atoms with E-state index in [2.05, 4.69) is 4.18 Å². The van der Waals surface area contributed by atoms with Gasteiger partial charge in [-0.1, -0.05) is 24.3 Å². The molecule has 1 aromatic carbocycles. The second kappa shape index (κ2) is 5.25. The maximum absolute atomic E-state index is 12.2. The summed E-state index contributed by atoms with van der Waals surface area (Å²) in [5.74, 6) is 0. The van der Waals surface area contributed by atoms with E-state index in [-0.39, 0.29) is 12.2 Å². The zero-order valence-electron chi connectivity index (χ0n) is 9.31. The highest BCUT2D eigenvalue weighted by atomic mass is 32.2. The first-order chi connectivity index (χ1) is 8.09. The Hall–Kier alpha value is -1.12. The van der Waals surface area contributed by atoms with Crippen LogP contribution in [0.2, 0.25) is 0 Å². The standard InChI is InChI=1S/C10H11F3O4S/c1-18(15,16)17-6-7-2-4-8(5-3-7)9(14)10(11,12)13/h2-5,9,14H,6H2,1H3. The molecule has 0 aliphatic heterocycles. The first kappa shape index (κ1) is 14.9. The highest BCUT2D eigenvalue weighted by molar-refractivity contribution is 7.85. The maximum Gasteiger partial charge on any atom is 0.418 e. The lowest BCUT2D eigenvalue weighted by Crippen LogP contribution is -2.20. The molecule has 4 nitrogen and oxygen atoms in total. The first-order valence-corrected chi connectivity index (χ1v) is 6.59. The van der Waals surface area contributed by atoms with Crippen molar-refractivity contribution in [3.8, 4) is 0 Å². The fourth-order valence-corrected chi connectivity index (χ4v) is 1.51. The van der Waals surface area contributed by atoms with Crippen molar-refractivity contribution in [1.82, 2.24) is 0 Å². The molecule has 0 radical (unpaired) electrons. The molecule has 0 aliphatic carbocycles. The topological polar surface area (TPSA) is 63.6 Å². The van der Waals surface area contributed by atoms with Gasteiger partial charge in [-0.15, -0.1) is 0 Å². The zero-order chi connectivity index (χ0) is 14.0. The van der Waals surface area contributed by atoms with E-state index in [1.807, 2.05) is 0 Å². The number of hydrogen-bond acceptors (Lipinski definition) is 4. The number of rotatable bonds is 4. The van der Waals surface area contributed by atoms with Crippen molar-refractivity contribution in [3.63, 3.8) is 0 Å². The van der Waals surface area contributed by atoms with Gasteiger partial charge in [0, 0.05) is 0 Å². The van der Waals surface area contributed by atoms with Gasteiger partial charge in [0.1, 0.15) is 0 Å². The molecule has 8 heteroatoms. The summed E-state index contributed by atoms with van der Waals surface area (Å²) in [5, 5.41) is 8.95. The lowest BCUT2D eigenvalue weighted by atomic mass is 10.1. The lowest BCUT2D eigenvalue weighted by Gasteiger charge is -2.14.